The maximum absolute atomic E-state index is 11.6. The zero-order valence-corrected chi connectivity index (χ0v) is 14.6. The summed E-state index contributed by atoms with van der Waals surface area (Å²) in [4.78, 5) is 39.4. The van der Waals surface area contributed by atoms with Crippen molar-refractivity contribution in [2.45, 2.75) is 58.3 Å². The van der Waals surface area contributed by atoms with Crippen LogP contribution in [0.3, 0.4) is 0 Å². The van der Waals surface area contributed by atoms with Crippen LogP contribution >= 0.6 is 7.60 Å². The van der Waals surface area contributed by atoms with Crippen molar-refractivity contribution in [3.8, 4) is 0 Å². The minimum absolute atomic E-state index is 0.0997. The lowest BCUT2D eigenvalue weighted by molar-refractivity contribution is -0.252. The molecule has 0 fully saturated rings. The summed E-state index contributed by atoms with van der Waals surface area (Å²) in [6.07, 6.45) is 8.63. The second-order valence-electron chi connectivity index (χ2n) is 5.17. The van der Waals surface area contributed by atoms with E-state index in [9.17, 15) is 19.0 Å². The SMILES string of the molecule is C=CC(=O)OOC(=O)CP(=O)(O)OCCCCCCCCCC. The Kier molecular flexibility index (Phi) is 12.6. The van der Waals surface area contributed by atoms with Crippen LogP contribution < -0.4 is 0 Å². The number of carbonyl (C=O) groups excluding carboxylic acids is 2. The molecule has 0 spiro atoms. The van der Waals surface area contributed by atoms with Gasteiger partial charge in [-0.25, -0.2) is 19.4 Å². The zero-order chi connectivity index (χ0) is 17.6. The molecule has 0 heterocycles. The lowest BCUT2D eigenvalue weighted by Gasteiger charge is -2.10. The van der Waals surface area contributed by atoms with Crippen molar-refractivity contribution >= 4 is 19.5 Å². The van der Waals surface area contributed by atoms with Gasteiger partial charge in [-0.3, -0.25) is 4.57 Å². The molecule has 0 aromatic rings. The summed E-state index contributed by atoms with van der Waals surface area (Å²) in [5.74, 6) is -2.12. The molecule has 1 unspecified atom stereocenters. The third kappa shape index (κ3) is 14.2. The Morgan fingerprint density at radius 1 is 1.04 bits per heavy atom. The smallest absolute Gasteiger partial charge is 0.324 e. The van der Waals surface area contributed by atoms with E-state index in [1.54, 1.807) is 0 Å². The number of hydrogen-bond acceptors (Lipinski definition) is 6. The first kappa shape index (κ1) is 21.8. The molecule has 1 atom stereocenters. The van der Waals surface area contributed by atoms with Crippen molar-refractivity contribution in [1.82, 2.24) is 0 Å². The van der Waals surface area contributed by atoms with E-state index in [1.807, 2.05) is 0 Å². The molecule has 0 aliphatic rings. The second kappa shape index (κ2) is 13.3. The van der Waals surface area contributed by atoms with Gasteiger partial charge in [0.25, 0.3) is 0 Å². The van der Waals surface area contributed by atoms with Gasteiger partial charge in [0, 0.05) is 6.08 Å². The first-order valence-electron chi connectivity index (χ1n) is 7.91. The summed E-state index contributed by atoms with van der Waals surface area (Å²) < 4.78 is 16.4. The summed E-state index contributed by atoms with van der Waals surface area (Å²) in [6, 6.07) is 0. The van der Waals surface area contributed by atoms with Crippen LogP contribution in [-0.2, 0) is 28.5 Å². The van der Waals surface area contributed by atoms with Crippen LogP contribution in [0.15, 0.2) is 12.7 Å². The highest BCUT2D eigenvalue weighted by atomic mass is 31.2. The van der Waals surface area contributed by atoms with Gasteiger partial charge >= 0.3 is 19.5 Å². The van der Waals surface area contributed by atoms with Gasteiger partial charge in [0.15, 0.2) is 6.16 Å². The van der Waals surface area contributed by atoms with Crippen molar-refractivity contribution in [2.24, 2.45) is 0 Å². The molecule has 0 aliphatic heterocycles. The van der Waals surface area contributed by atoms with Crippen molar-refractivity contribution < 1.29 is 33.3 Å². The van der Waals surface area contributed by atoms with Crippen molar-refractivity contribution in [1.29, 1.82) is 0 Å². The van der Waals surface area contributed by atoms with E-state index < -0.39 is 25.7 Å². The third-order valence-electron chi connectivity index (χ3n) is 3.00. The molecule has 0 saturated carbocycles. The van der Waals surface area contributed by atoms with Gasteiger partial charge in [-0.05, 0) is 6.42 Å². The van der Waals surface area contributed by atoms with E-state index in [2.05, 4.69) is 23.3 Å². The first-order valence-corrected chi connectivity index (χ1v) is 9.67. The monoisotopic (exact) mass is 350 g/mol. The van der Waals surface area contributed by atoms with Gasteiger partial charge < -0.3 is 9.42 Å². The van der Waals surface area contributed by atoms with E-state index in [0.717, 1.165) is 25.3 Å². The summed E-state index contributed by atoms with van der Waals surface area (Å²) in [6.45, 7) is 5.37. The highest BCUT2D eigenvalue weighted by Gasteiger charge is 2.26. The largest absolute Gasteiger partial charge is 0.378 e. The summed E-state index contributed by atoms with van der Waals surface area (Å²) in [5, 5.41) is 0. The molecule has 0 aliphatic carbocycles. The molecule has 0 aromatic heterocycles. The number of rotatable bonds is 13. The molecule has 0 amide bonds. The molecule has 0 saturated heterocycles. The standard InChI is InChI=1S/C15H27O7P/c1-3-5-6-7-8-9-10-11-12-20-23(18,19)13-15(17)22-21-14(16)4-2/h4H,2-3,5-13H2,1H3,(H,18,19). The topological polar surface area (TPSA) is 99.1 Å². The highest BCUT2D eigenvalue weighted by molar-refractivity contribution is 7.53. The lowest BCUT2D eigenvalue weighted by Crippen LogP contribution is -2.14. The minimum atomic E-state index is -4.08. The molecule has 0 bridgehead atoms. The van der Waals surface area contributed by atoms with E-state index in [-0.39, 0.29) is 6.61 Å². The molecule has 0 rings (SSSR count). The minimum Gasteiger partial charge on any atom is -0.324 e. The Balaban J connectivity index is 3.67. The first-order chi connectivity index (χ1) is 10.9. The Morgan fingerprint density at radius 2 is 1.61 bits per heavy atom. The Bertz CT molecular complexity index is 409. The van der Waals surface area contributed by atoms with Crippen molar-refractivity contribution in [3.63, 3.8) is 0 Å². The van der Waals surface area contributed by atoms with Gasteiger partial charge in [0.2, 0.25) is 0 Å². The van der Waals surface area contributed by atoms with E-state index in [0.29, 0.717) is 6.42 Å². The van der Waals surface area contributed by atoms with Crippen LogP contribution in [0.25, 0.3) is 0 Å². The predicted octanol–water partition coefficient (Wildman–Crippen LogP) is 3.52. The van der Waals surface area contributed by atoms with Gasteiger partial charge in [-0.15, -0.1) is 0 Å². The van der Waals surface area contributed by atoms with E-state index >= 15 is 0 Å². The molecular weight excluding hydrogens is 323 g/mol. The Morgan fingerprint density at radius 3 is 2.17 bits per heavy atom. The van der Waals surface area contributed by atoms with Crippen LogP contribution in [0.2, 0.25) is 0 Å². The van der Waals surface area contributed by atoms with Gasteiger partial charge in [-0.2, -0.15) is 0 Å². The average Bonchev–Trinajstić information content (AvgIpc) is 2.50. The fourth-order valence-corrected chi connectivity index (χ4v) is 2.68. The maximum atomic E-state index is 11.6. The average molecular weight is 350 g/mol. The number of unbranched alkanes of at least 4 members (excludes halogenated alkanes) is 7. The predicted molar refractivity (Wildman–Crippen MR) is 85.6 cm³/mol. The third-order valence-corrected chi connectivity index (χ3v) is 4.25. The molecule has 0 aromatic carbocycles. The van der Waals surface area contributed by atoms with Crippen LogP contribution in [0.1, 0.15) is 58.3 Å². The fraction of sp³-hybridized carbons (Fsp3) is 0.733. The quantitative estimate of drug-likeness (QED) is 0.178. The number of hydrogen-bond donors (Lipinski definition) is 1. The van der Waals surface area contributed by atoms with E-state index in [4.69, 9.17) is 4.52 Å². The summed E-state index contributed by atoms with van der Waals surface area (Å²) in [5.41, 5.74) is 0. The normalized spacial score (nSPS) is 13.1. The van der Waals surface area contributed by atoms with Crippen LogP contribution in [-0.4, -0.2) is 29.6 Å². The van der Waals surface area contributed by atoms with Gasteiger partial charge in [0.1, 0.15) is 0 Å². The van der Waals surface area contributed by atoms with Crippen LogP contribution in [0.5, 0.6) is 0 Å². The second-order valence-corrected chi connectivity index (χ2v) is 7.01. The molecule has 134 valence electrons. The Hall–Kier alpha value is -1.17. The molecule has 1 N–H and O–H groups in total. The lowest BCUT2D eigenvalue weighted by atomic mass is 10.1. The summed E-state index contributed by atoms with van der Waals surface area (Å²) in [7, 11) is -4.08. The molecule has 0 radical (unpaired) electrons. The molecular formula is C15H27O7P. The maximum Gasteiger partial charge on any atom is 0.378 e. The van der Waals surface area contributed by atoms with E-state index in [1.165, 1.54) is 25.7 Å². The Labute approximate surface area is 137 Å². The summed E-state index contributed by atoms with van der Waals surface area (Å²) >= 11 is 0. The van der Waals surface area contributed by atoms with Crippen molar-refractivity contribution in [3.05, 3.63) is 12.7 Å². The molecule has 7 nitrogen and oxygen atoms in total. The highest BCUT2D eigenvalue weighted by Crippen LogP contribution is 2.41. The fourth-order valence-electron chi connectivity index (χ4n) is 1.80. The zero-order valence-electron chi connectivity index (χ0n) is 13.7. The van der Waals surface area contributed by atoms with Crippen LogP contribution in [0, 0.1) is 0 Å². The molecule has 8 heteroatoms. The van der Waals surface area contributed by atoms with Crippen LogP contribution in [0.4, 0.5) is 0 Å². The molecule has 23 heavy (non-hydrogen) atoms. The van der Waals surface area contributed by atoms with Gasteiger partial charge in [-0.1, -0.05) is 58.4 Å². The van der Waals surface area contributed by atoms with Gasteiger partial charge in [0.05, 0.1) is 6.61 Å². The number of carbonyl (C=O) groups is 2. The van der Waals surface area contributed by atoms with Crippen molar-refractivity contribution in [2.75, 3.05) is 12.8 Å².